The molecule has 0 radical (unpaired) electrons. The number of quaternary nitrogens is 1. The fourth-order valence-electron chi connectivity index (χ4n) is 2.38. The van der Waals surface area contributed by atoms with E-state index >= 15 is 0 Å². The third-order valence-corrected chi connectivity index (χ3v) is 3.25. The van der Waals surface area contributed by atoms with E-state index in [1.165, 1.54) is 25.9 Å². The van der Waals surface area contributed by atoms with Crippen molar-refractivity contribution in [3.05, 3.63) is 0 Å². The van der Waals surface area contributed by atoms with Gasteiger partial charge in [0.25, 0.3) is 0 Å². The molecule has 2 nitrogen and oxygen atoms in total. The largest absolute Gasteiger partial charge is 0.397 e. The Hall–Kier alpha value is -0.0151. The first-order valence-electron chi connectivity index (χ1n) is 4.21. The highest BCUT2D eigenvalue weighted by Crippen LogP contribution is 2.31. The Bertz CT molecular complexity index is 143. The summed E-state index contributed by atoms with van der Waals surface area (Å²) in [5.74, 6) is 0.639. The molecule has 3 heteroatoms. The molecular weight excluding hydrogens is 125 g/mol. The molecule has 56 valence electrons. The monoisotopic (exact) mass is 140 g/mol. The van der Waals surface area contributed by atoms with E-state index in [0.717, 1.165) is 10.9 Å². The highest BCUT2D eigenvalue weighted by atomic mass is 16.3. The molecule has 3 rings (SSSR count). The number of aliphatic hydroxyl groups excluding tert-OH is 1. The van der Waals surface area contributed by atoms with Gasteiger partial charge in [-0.05, 0) is 0 Å². The zero-order valence-corrected chi connectivity index (χ0v) is 6.58. The summed E-state index contributed by atoms with van der Waals surface area (Å²) >= 11 is 0. The molecular formula is C7H15BNO+. The molecule has 3 fully saturated rings. The van der Waals surface area contributed by atoms with Crippen LogP contribution in [0.3, 0.4) is 0 Å². The van der Waals surface area contributed by atoms with Gasteiger partial charge >= 0.3 is 7.98 Å². The molecule has 3 heterocycles. The molecule has 0 aromatic carbocycles. The summed E-state index contributed by atoms with van der Waals surface area (Å²) < 4.78 is 1.12. The number of rotatable bonds is 0. The first kappa shape index (κ1) is 6.68. The lowest BCUT2D eigenvalue weighted by Crippen LogP contribution is -2.62. The normalized spacial score (nSPS) is 53.3. The molecule has 3 aliphatic heterocycles. The van der Waals surface area contributed by atoms with Gasteiger partial charge in [-0.2, -0.15) is 0 Å². The lowest BCUT2D eigenvalue weighted by molar-refractivity contribution is -0.840. The summed E-state index contributed by atoms with van der Waals surface area (Å²) in [5.41, 5.74) is 0. The average molecular weight is 140 g/mol. The summed E-state index contributed by atoms with van der Waals surface area (Å²) in [5, 5.41) is 9.55. The Morgan fingerprint density at radius 2 is 1.90 bits per heavy atom. The van der Waals surface area contributed by atoms with Gasteiger partial charge in [-0.1, -0.05) is 0 Å². The van der Waals surface area contributed by atoms with Crippen LogP contribution in [0.2, 0.25) is 0 Å². The van der Waals surface area contributed by atoms with Crippen LogP contribution in [0.1, 0.15) is 12.8 Å². The van der Waals surface area contributed by atoms with Crippen LogP contribution in [-0.2, 0) is 0 Å². The molecule has 0 unspecified atom stereocenters. The molecule has 10 heavy (non-hydrogen) atoms. The van der Waals surface area contributed by atoms with Crippen LogP contribution >= 0.6 is 0 Å². The smallest absolute Gasteiger partial charge is 0.372 e. The minimum absolute atomic E-state index is 0.00694. The van der Waals surface area contributed by atoms with Gasteiger partial charge in [-0.3, -0.25) is 0 Å². The molecule has 3 saturated heterocycles. The van der Waals surface area contributed by atoms with Crippen molar-refractivity contribution < 1.29 is 9.50 Å². The minimum atomic E-state index is 0.00694. The van der Waals surface area contributed by atoms with Gasteiger partial charge in [0.05, 0.1) is 19.6 Å². The van der Waals surface area contributed by atoms with Crippen LogP contribution in [0, 0.1) is 5.92 Å². The van der Waals surface area contributed by atoms with Crippen molar-refractivity contribution in [3.8, 4) is 0 Å². The van der Waals surface area contributed by atoms with Crippen molar-refractivity contribution in [1.29, 1.82) is 0 Å². The van der Waals surface area contributed by atoms with Crippen LogP contribution in [0.5, 0.6) is 0 Å². The van der Waals surface area contributed by atoms with E-state index in [9.17, 15) is 5.11 Å². The van der Waals surface area contributed by atoms with E-state index in [2.05, 4.69) is 7.98 Å². The highest BCUT2D eigenvalue weighted by molar-refractivity contribution is 5.97. The molecule has 3 aliphatic rings. The third kappa shape index (κ3) is 0.885. The van der Waals surface area contributed by atoms with Gasteiger partial charge in [-0.25, -0.2) is 0 Å². The first-order chi connectivity index (χ1) is 4.70. The average Bonchev–Trinajstić information content (AvgIpc) is 1.87. The fourth-order valence-corrected chi connectivity index (χ4v) is 2.38. The van der Waals surface area contributed by atoms with Crippen LogP contribution in [-0.4, -0.2) is 43.2 Å². The second kappa shape index (κ2) is 1.99. The Morgan fingerprint density at radius 3 is 2.20 bits per heavy atom. The Kier molecular flexibility index (Phi) is 1.33. The molecule has 0 amide bonds. The third-order valence-electron chi connectivity index (χ3n) is 3.25. The number of nitrogens with zero attached hydrogens (tertiary/aromatic N) is 1. The number of piperidine rings is 3. The van der Waals surface area contributed by atoms with E-state index in [1.54, 1.807) is 0 Å². The summed E-state index contributed by atoms with van der Waals surface area (Å²) in [6.45, 7) is 3.59. The van der Waals surface area contributed by atoms with E-state index in [-0.39, 0.29) is 6.10 Å². The van der Waals surface area contributed by atoms with Gasteiger partial charge in [0, 0.05) is 18.8 Å². The number of hydrogen-bond donors (Lipinski definition) is 1. The maximum absolute atomic E-state index is 9.55. The van der Waals surface area contributed by atoms with Crippen LogP contribution in [0.25, 0.3) is 0 Å². The Labute approximate surface area is 62.9 Å². The standard InChI is InChI=1S/C7H15BNO/c8-9-3-1-6(2-4-9)7(10)5-9/h6-7,10H,1-5,8H2/q+1/t6?,7-,9?/m0/s1. The van der Waals surface area contributed by atoms with Crippen LogP contribution in [0.15, 0.2) is 0 Å². The zero-order chi connectivity index (χ0) is 7.19. The molecule has 0 spiro atoms. The second-order valence-corrected chi connectivity index (χ2v) is 4.15. The van der Waals surface area contributed by atoms with Gasteiger partial charge in [0.1, 0.15) is 6.10 Å². The summed E-state index contributed by atoms with van der Waals surface area (Å²) in [4.78, 5) is 0. The van der Waals surface area contributed by atoms with E-state index < -0.39 is 0 Å². The molecule has 2 bridgehead atoms. The summed E-state index contributed by atoms with van der Waals surface area (Å²) in [7, 11) is 2.26. The molecule has 0 aliphatic carbocycles. The van der Waals surface area contributed by atoms with Gasteiger partial charge in [-0.15, -0.1) is 0 Å². The van der Waals surface area contributed by atoms with Gasteiger partial charge < -0.3 is 9.50 Å². The SMILES string of the molecule is B[N+]12CCC(CC1)[C@@H](O)C2. The van der Waals surface area contributed by atoms with Crippen LogP contribution < -0.4 is 0 Å². The quantitative estimate of drug-likeness (QED) is 0.434. The predicted octanol–water partition coefficient (Wildman–Crippen LogP) is -0.864. The van der Waals surface area contributed by atoms with Crippen molar-refractivity contribution in [2.75, 3.05) is 19.6 Å². The van der Waals surface area contributed by atoms with Crippen molar-refractivity contribution >= 4 is 7.98 Å². The van der Waals surface area contributed by atoms with Crippen molar-refractivity contribution in [1.82, 2.24) is 0 Å². The molecule has 0 aromatic heterocycles. The molecule has 0 aromatic rings. The van der Waals surface area contributed by atoms with Crippen molar-refractivity contribution in [3.63, 3.8) is 0 Å². The Balaban J connectivity index is 2.14. The number of aliphatic hydroxyl groups is 1. The lowest BCUT2D eigenvalue weighted by atomic mass is 9.81. The predicted molar refractivity (Wildman–Crippen MR) is 42.1 cm³/mol. The van der Waals surface area contributed by atoms with E-state index in [0.29, 0.717) is 5.92 Å². The Morgan fingerprint density at radius 1 is 1.30 bits per heavy atom. The lowest BCUT2D eigenvalue weighted by Gasteiger charge is -2.50. The van der Waals surface area contributed by atoms with Gasteiger partial charge in [0.15, 0.2) is 0 Å². The number of fused-ring (bicyclic) bond motifs is 3. The van der Waals surface area contributed by atoms with E-state index in [1.807, 2.05) is 0 Å². The fraction of sp³-hybridized carbons (Fsp3) is 1.00. The number of hydrogen-bond acceptors (Lipinski definition) is 1. The van der Waals surface area contributed by atoms with Gasteiger partial charge in [0.2, 0.25) is 0 Å². The van der Waals surface area contributed by atoms with Crippen LogP contribution in [0.4, 0.5) is 0 Å². The molecule has 1 N–H and O–H groups in total. The maximum Gasteiger partial charge on any atom is 0.372 e. The topological polar surface area (TPSA) is 20.2 Å². The molecule has 1 atom stereocenters. The zero-order valence-electron chi connectivity index (χ0n) is 6.58. The highest BCUT2D eigenvalue weighted by Gasteiger charge is 2.41. The second-order valence-electron chi connectivity index (χ2n) is 4.15. The van der Waals surface area contributed by atoms with Crippen molar-refractivity contribution in [2.45, 2.75) is 18.9 Å². The minimum Gasteiger partial charge on any atom is -0.397 e. The molecule has 0 saturated carbocycles. The van der Waals surface area contributed by atoms with E-state index in [4.69, 9.17) is 0 Å². The first-order valence-corrected chi connectivity index (χ1v) is 4.21. The summed E-state index contributed by atoms with van der Waals surface area (Å²) in [6.07, 6.45) is 2.50. The maximum atomic E-state index is 9.55. The van der Waals surface area contributed by atoms with Crippen molar-refractivity contribution in [2.24, 2.45) is 5.92 Å². The summed E-state index contributed by atoms with van der Waals surface area (Å²) in [6, 6.07) is 0.